The minimum absolute atomic E-state index is 0.00421. The first-order valence-corrected chi connectivity index (χ1v) is 16.9. The van der Waals surface area contributed by atoms with E-state index in [1.807, 2.05) is 44.2 Å². The fourth-order valence-electron chi connectivity index (χ4n) is 6.12. The molecule has 2 saturated heterocycles. The van der Waals surface area contributed by atoms with Crippen LogP contribution in [-0.2, 0) is 25.9 Å². The normalized spacial score (nSPS) is 21.0. The highest BCUT2D eigenvalue weighted by atomic mass is 32.2. The Kier molecular flexibility index (Phi) is 11.5. The van der Waals surface area contributed by atoms with Gasteiger partial charge in [0.15, 0.2) is 6.29 Å². The number of hydrogen-bond donors (Lipinski definition) is 4. The van der Waals surface area contributed by atoms with Gasteiger partial charge >= 0.3 is 12.1 Å². The van der Waals surface area contributed by atoms with Gasteiger partial charge in [-0.1, -0.05) is 44.2 Å². The number of amides is 3. The molecule has 0 bridgehead atoms. The van der Waals surface area contributed by atoms with E-state index in [0.29, 0.717) is 31.7 Å². The molecular weight excluding hydrogens is 614 g/mol. The Morgan fingerprint density at radius 2 is 1.76 bits per heavy atom. The number of carbonyl (C=O) groups is 2. The maximum Gasteiger partial charge on any atom is 0.407 e. The Morgan fingerprint density at radius 1 is 1.09 bits per heavy atom. The van der Waals surface area contributed by atoms with Crippen LogP contribution in [0.3, 0.4) is 0 Å². The third-order valence-electron chi connectivity index (χ3n) is 8.67. The first-order valence-electron chi connectivity index (χ1n) is 15.5. The van der Waals surface area contributed by atoms with Gasteiger partial charge in [-0.15, -0.1) is 0 Å². The molecule has 13 nitrogen and oxygen atoms in total. The van der Waals surface area contributed by atoms with Gasteiger partial charge in [0.1, 0.15) is 0 Å². The molecule has 2 aromatic rings. The van der Waals surface area contributed by atoms with Crippen molar-refractivity contribution in [2.75, 3.05) is 52.7 Å². The van der Waals surface area contributed by atoms with Crippen LogP contribution in [0.2, 0.25) is 0 Å². The molecule has 2 heterocycles. The summed E-state index contributed by atoms with van der Waals surface area (Å²) in [5.74, 6) is -0.201. The van der Waals surface area contributed by atoms with E-state index in [-0.39, 0.29) is 43.0 Å². The topological polar surface area (TPSA) is 175 Å². The van der Waals surface area contributed by atoms with E-state index < -0.39 is 46.0 Å². The Bertz CT molecular complexity index is 1420. The molecule has 4 rings (SSSR count). The summed E-state index contributed by atoms with van der Waals surface area (Å²) in [5, 5.41) is 25.3. The minimum atomic E-state index is -4.17. The Morgan fingerprint density at radius 3 is 2.39 bits per heavy atom. The third-order valence-corrected chi connectivity index (χ3v) is 10.5. The molecule has 0 aromatic heterocycles. The fourth-order valence-corrected chi connectivity index (χ4v) is 7.77. The number of urea groups is 1. The second kappa shape index (κ2) is 15.0. The van der Waals surface area contributed by atoms with Crippen LogP contribution in [-0.4, -0.2) is 116 Å². The van der Waals surface area contributed by atoms with Gasteiger partial charge in [-0.05, 0) is 54.5 Å². The lowest BCUT2D eigenvalue weighted by molar-refractivity contribution is -0.0906. The molecule has 2 aliphatic heterocycles. The largest absolute Gasteiger partial charge is 0.465 e. The van der Waals surface area contributed by atoms with E-state index in [0.717, 1.165) is 5.56 Å². The number of nitrogens with zero attached hydrogens (tertiary/aromatic N) is 3. The Hall–Kier alpha value is -3.43. The fraction of sp³-hybridized carbons (Fsp3) is 0.562. The van der Waals surface area contributed by atoms with Crippen molar-refractivity contribution in [2.24, 2.45) is 11.3 Å². The lowest BCUT2D eigenvalue weighted by atomic mass is 9.89. The number of hydrogen-bond acceptors (Lipinski definition) is 8. The van der Waals surface area contributed by atoms with Crippen LogP contribution >= 0.6 is 0 Å². The number of benzene rings is 2. The predicted molar refractivity (Wildman–Crippen MR) is 172 cm³/mol. The number of anilines is 1. The first-order chi connectivity index (χ1) is 21.7. The number of aliphatic hydroxyl groups is 1. The van der Waals surface area contributed by atoms with Crippen molar-refractivity contribution in [2.45, 2.75) is 62.5 Å². The minimum Gasteiger partial charge on any atom is -0.465 e. The highest BCUT2D eigenvalue weighted by Gasteiger charge is 2.49. The maximum atomic E-state index is 14.1. The zero-order valence-electron chi connectivity index (χ0n) is 26.9. The molecule has 0 spiro atoms. The van der Waals surface area contributed by atoms with E-state index >= 15 is 0 Å². The van der Waals surface area contributed by atoms with Crippen LogP contribution in [0.1, 0.15) is 32.3 Å². The number of carboxylic acid groups (broad SMARTS) is 1. The van der Waals surface area contributed by atoms with Gasteiger partial charge in [-0.2, -0.15) is 4.31 Å². The molecule has 5 atom stereocenters. The van der Waals surface area contributed by atoms with Crippen LogP contribution in [0.4, 0.5) is 15.3 Å². The molecule has 254 valence electrons. The Balaban J connectivity index is 1.67. The SMILES string of the molecule is CN(C)C(=O)NCCC(C)(C)CN(C[C@@H](O)[C@H](Cc1ccccc1)N(C(=O)O)[C@H]1CO[C@H]2OCC[C@H]21)S(=O)(=O)c1ccc(N)cc1. The van der Waals surface area contributed by atoms with Crippen LogP contribution < -0.4 is 11.1 Å². The maximum absolute atomic E-state index is 14.1. The van der Waals surface area contributed by atoms with E-state index in [9.17, 15) is 28.2 Å². The summed E-state index contributed by atoms with van der Waals surface area (Å²) in [6, 6.07) is 13.2. The van der Waals surface area contributed by atoms with E-state index in [1.54, 1.807) is 14.1 Å². The molecular formula is C32H47N5O8S. The summed E-state index contributed by atoms with van der Waals surface area (Å²) < 4.78 is 40.9. The summed E-state index contributed by atoms with van der Waals surface area (Å²) in [7, 11) is -0.912. The van der Waals surface area contributed by atoms with Gasteiger partial charge in [0.05, 0.1) is 36.3 Å². The molecule has 0 unspecified atom stereocenters. The number of rotatable bonds is 14. The van der Waals surface area contributed by atoms with Crippen molar-refractivity contribution in [3.8, 4) is 0 Å². The van der Waals surface area contributed by atoms with Crippen molar-refractivity contribution < 1.29 is 37.7 Å². The molecule has 14 heteroatoms. The number of carbonyl (C=O) groups excluding carboxylic acids is 1. The van der Waals surface area contributed by atoms with Gasteiger partial charge in [0, 0.05) is 45.3 Å². The number of nitrogens with two attached hydrogens (primary N) is 1. The summed E-state index contributed by atoms with van der Waals surface area (Å²) in [5.41, 5.74) is 6.38. The van der Waals surface area contributed by atoms with Crippen molar-refractivity contribution in [3.63, 3.8) is 0 Å². The monoisotopic (exact) mass is 661 g/mol. The van der Waals surface area contributed by atoms with Crippen LogP contribution in [0.25, 0.3) is 0 Å². The summed E-state index contributed by atoms with van der Waals surface area (Å²) >= 11 is 0. The van der Waals surface area contributed by atoms with Crippen LogP contribution in [0, 0.1) is 11.3 Å². The first kappa shape index (κ1) is 35.4. The average Bonchev–Trinajstić information content (AvgIpc) is 3.62. The third kappa shape index (κ3) is 8.68. The summed E-state index contributed by atoms with van der Waals surface area (Å²) in [6.45, 7) is 4.24. The van der Waals surface area contributed by atoms with E-state index in [4.69, 9.17) is 15.2 Å². The summed E-state index contributed by atoms with van der Waals surface area (Å²) in [4.78, 5) is 27.7. The number of aliphatic hydroxyl groups excluding tert-OH is 1. The lowest BCUT2D eigenvalue weighted by Gasteiger charge is -2.40. The second-order valence-electron chi connectivity index (χ2n) is 13.0. The Labute approximate surface area is 271 Å². The number of nitrogens with one attached hydrogen (secondary N) is 1. The molecule has 3 amide bonds. The second-order valence-corrected chi connectivity index (χ2v) is 15.0. The number of sulfonamides is 1. The van der Waals surface area contributed by atoms with Crippen molar-refractivity contribution in [1.29, 1.82) is 0 Å². The average molecular weight is 662 g/mol. The molecule has 2 aliphatic rings. The van der Waals surface area contributed by atoms with Crippen molar-refractivity contribution in [1.82, 2.24) is 19.4 Å². The van der Waals surface area contributed by atoms with Gasteiger partial charge < -0.3 is 35.6 Å². The highest BCUT2D eigenvalue weighted by Crippen LogP contribution is 2.36. The van der Waals surface area contributed by atoms with Crippen molar-refractivity contribution in [3.05, 3.63) is 60.2 Å². The van der Waals surface area contributed by atoms with Gasteiger partial charge in [-0.25, -0.2) is 18.0 Å². The van der Waals surface area contributed by atoms with Crippen LogP contribution in [0.15, 0.2) is 59.5 Å². The predicted octanol–water partition coefficient (Wildman–Crippen LogP) is 2.66. The lowest BCUT2D eigenvalue weighted by Crippen LogP contribution is -2.58. The zero-order chi connectivity index (χ0) is 33.6. The van der Waals surface area contributed by atoms with E-state index in [1.165, 1.54) is 38.4 Å². The number of ether oxygens (including phenoxy) is 2. The quantitative estimate of drug-likeness (QED) is 0.222. The number of fused-ring (bicyclic) bond motifs is 1. The molecule has 0 radical (unpaired) electrons. The highest BCUT2D eigenvalue weighted by molar-refractivity contribution is 7.89. The molecule has 46 heavy (non-hydrogen) atoms. The molecule has 0 aliphatic carbocycles. The van der Waals surface area contributed by atoms with Gasteiger partial charge in [0.2, 0.25) is 10.0 Å². The van der Waals surface area contributed by atoms with E-state index in [2.05, 4.69) is 5.32 Å². The molecule has 2 fully saturated rings. The smallest absolute Gasteiger partial charge is 0.407 e. The van der Waals surface area contributed by atoms with Gasteiger partial charge in [0.25, 0.3) is 0 Å². The standard InChI is InChI=1S/C32H47N5O8S/c1-32(2,15-16-34-30(39)35(3)4)21-36(46(42,43)24-12-10-23(33)11-13-24)19-28(38)26(18-22-8-6-5-7-9-22)37(31(40)41)27-20-45-29-25(27)14-17-44-29/h5-13,25-29,38H,14-21,33H2,1-4H3,(H,34,39)(H,40,41)/t25-,26-,27-,28+,29+/m0/s1. The van der Waals surface area contributed by atoms with Crippen LogP contribution in [0.5, 0.6) is 0 Å². The molecule has 0 saturated carbocycles. The van der Waals surface area contributed by atoms with Crippen molar-refractivity contribution >= 4 is 27.8 Å². The molecule has 5 N–H and O–H groups in total. The molecule has 2 aromatic carbocycles. The zero-order valence-corrected chi connectivity index (χ0v) is 27.7. The number of nitrogen functional groups attached to an aromatic ring is 1. The van der Waals surface area contributed by atoms with Gasteiger partial charge in [-0.3, -0.25) is 4.90 Å². The summed E-state index contributed by atoms with van der Waals surface area (Å²) in [6.07, 6.45) is -1.95.